The summed E-state index contributed by atoms with van der Waals surface area (Å²) in [7, 11) is 0. The van der Waals surface area contributed by atoms with Crippen molar-refractivity contribution in [2.45, 2.75) is 34.4 Å². The molecule has 0 aliphatic heterocycles. The van der Waals surface area contributed by atoms with Gasteiger partial charge in [0.15, 0.2) is 37.9 Å². The normalized spacial score (nSPS) is 11.1. The third kappa shape index (κ3) is 12.3. The molecule has 80 heavy (non-hydrogen) atoms. The molecule has 0 N–H and O–H groups in total. The maximum absolute atomic E-state index is 4.19. The molecule has 0 aliphatic rings. The number of hydrogen-bond donors (Lipinski definition) is 0. The maximum Gasteiger partial charge on any atom is 0.173 e. The van der Waals surface area contributed by atoms with E-state index in [1.165, 1.54) is 121 Å². The summed E-state index contributed by atoms with van der Waals surface area (Å²) < 4.78 is 4.50. The molecule has 4 heterocycles. The predicted octanol–water partition coefficient (Wildman–Crippen LogP) is 19.4. The Morgan fingerprint density at radius 3 is 0.650 bits per heavy atom. The maximum atomic E-state index is 4.19. The Balaban J connectivity index is 0.000000157. The van der Waals surface area contributed by atoms with Crippen molar-refractivity contribution in [2.75, 3.05) is 0 Å². The summed E-state index contributed by atoms with van der Waals surface area (Å²) in [6.45, 7) is 1.69. The van der Waals surface area contributed by atoms with E-state index in [9.17, 15) is 0 Å². The average molecular weight is 1300 g/mol. The van der Waals surface area contributed by atoms with Crippen LogP contribution in [0.1, 0.15) is 33.4 Å². The highest BCUT2D eigenvalue weighted by atomic mass is 79.9. The summed E-state index contributed by atoms with van der Waals surface area (Å²) >= 11 is 13.9. The number of pyridine rings is 4. The first-order valence-electron chi connectivity index (χ1n) is 26.6. The lowest BCUT2D eigenvalue weighted by Gasteiger charge is -2.17. The van der Waals surface area contributed by atoms with Gasteiger partial charge in [0.25, 0.3) is 0 Å². The van der Waals surface area contributed by atoms with Gasteiger partial charge in [0.2, 0.25) is 0 Å². The fourth-order valence-electron chi connectivity index (χ4n) is 10.6. The van der Waals surface area contributed by atoms with E-state index in [-0.39, 0.29) is 0 Å². The van der Waals surface area contributed by atoms with Gasteiger partial charge in [-0.05, 0) is 134 Å². The van der Waals surface area contributed by atoms with Crippen LogP contribution in [0.5, 0.6) is 0 Å². The average Bonchev–Trinajstić information content (AvgIpc) is 3.57. The minimum atomic E-state index is 0.847. The largest absolute Gasteiger partial charge is 0.265 e. The molecule has 0 saturated heterocycles. The van der Waals surface area contributed by atoms with E-state index < -0.39 is 0 Å². The molecule has 0 saturated carbocycles. The highest BCUT2D eigenvalue weighted by Crippen LogP contribution is 2.45. The van der Waals surface area contributed by atoms with Crippen LogP contribution >= 0.6 is 63.7 Å². The Morgan fingerprint density at radius 2 is 0.438 bits per heavy atom. The van der Waals surface area contributed by atoms with Crippen LogP contribution in [0.2, 0.25) is 0 Å². The van der Waals surface area contributed by atoms with Crippen molar-refractivity contribution in [1.82, 2.24) is 9.97 Å². The Kier molecular flexibility index (Phi) is 17.9. The zero-order valence-electron chi connectivity index (χ0n) is 43.9. The molecule has 0 spiro atoms. The minimum Gasteiger partial charge on any atom is -0.265 e. The molecule has 0 radical (unpaired) electrons. The highest BCUT2D eigenvalue weighted by molar-refractivity contribution is 9.09. The molecule has 13 rings (SSSR count). The van der Waals surface area contributed by atoms with E-state index in [2.05, 4.69) is 326 Å². The van der Waals surface area contributed by atoms with Gasteiger partial charge < -0.3 is 0 Å². The molecule has 0 amide bonds. The molecular formula is C72H56Br4N4+2. The lowest BCUT2D eigenvalue weighted by molar-refractivity contribution is -0.688. The second-order valence-electron chi connectivity index (χ2n) is 19.7. The van der Waals surface area contributed by atoms with Crippen LogP contribution in [0.4, 0.5) is 0 Å². The van der Waals surface area contributed by atoms with Crippen molar-refractivity contribution < 1.29 is 9.13 Å². The lowest BCUT2D eigenvalue weighted by Crippen LogP contribution is -2.33. The third-order valence-corrected chi connectivity index (χ3v) is 17.2. The predicted molar refractivity (Wildman–Crippen MR) is 349 cm³/mol. The number of halogens is 4. The molecule has 4 aromatic heterocycles. The SMILES string of the molecule is BrCc1ccc(CBr)cc1.BrCc1ccc(C[n+]2ccc(-c3c4ccccc4c(-c4cc[n+](Cc5ccc(CBr)cc5)cc4)c4ccccc34)cc2)cc1.c1ccc2c(-c3ccncc3)c3ccccc3c(-c3ccncc3)c2c1. The molecule has 390 valence electrons. The molecular weight excluding hydrogens is 1240 g/mol. The van der Waals surface area contributed by atoms with Crippen LogP contribution in [0.3, 0.4) is 0 Å². The van der Waals surface area contributed by atoms with Gasteiger partial charge >= 0.3 is 0 Å². The fraction of sp³-hybridized carbons (Fsp3) is 0.0833. The van der Waals surface area contributed by atoms with E-state index in [4.69, 9.17) is 0 Å². The van der Waals surface area contributed by atoms with Crippen LogP contribution in [-0.2, 0) is 34.4 Å². The topological polar surface area (TPSA) is 33.5 Å². The summed E-state index contributed by atoms with van der Waals surface area (Å²) in [5.74, 6) is 0. The Labute approximate surface area is 502 Å². The van der Waals surface area contributed by atoms with Gasteiger partial charge in [-0.3, -0.25) is 9.97 Å². The smallest absolute Gasteiger partial charge is 0.173 e. The van der Waals surface area contributed by atoms with Crippen LogP contribution < -0.4 is 9.13 Å². The Hall–Kier alpha value is -7.46. The molecule has 4 nitrogen and oxygen atoms in total. The van der Waals surface area contributed by atoms with Gasteiger partial charge in [-0.2, -0.15) is 0 Å². The molecule has 0 aliphatic carbocycles. The number of hydrogen-bond acceptors (Lipinski definition) is 2. The van der Waals surface area contributed by atoms with Crippen molar-refractivity contribution in [3.05, 3.63) is 301 Å². The van der Waals surface area contributed by atoms with E-state index in [0.717, 1.165) is 34.4 Å². The number of alkyl halides is 4. The molecule has 0 atom stereocenters. The number of benzene rings is 9. The van der Waals surface area contributed by atoms with Gasteiger partial charge in [0.1, 0.15) is 0 Å². The monoisotopic (exact) mass is 1290 g/mol. The van der Waals surface area contributed by atoms with Crippen molar-refractivity contribution in [1.29, 1.82) is 0 Å². The highest BCUT2D eigenvalue weighted by Gasteiger charge is 2.19. The first-order valence-corrected chi connectivity index (χ1v) is 31.1. The molecule has 0 unspecified atom stereocenters. The molecule has 9 aromatic carbocycles. The zero-order valence-corrected chi connectivity index (χ0v) is 50.3. The van der Waals surface area contributed by atoms with Crippen LogP contribution in [0.25, 0.3) is 87.6 Å². The first-order chi connectivity index (χ1) is 39.5. The molecule has 0 bridgehead atoms. The van der Waals surface area contributed by atoms with Gasteiger partial charge in [0.05, 0.1) is 0 Å². The number of aromatic nitrogens is 4. The van der Waals surface area contributed by atoms with Crippen molar-refractivity contribution in [3.8, 4) is 44.5 Å². The summed E-state index contributed by atoms with van der Waals surface area (Å²) in [5, 5.41) is 13.7. The third-order valence-electron chi connectivity index (χ3n) is 14.6. The van der Waals surface area contributed by atoms with Gasteiger partial charge in [-0.1, -0.05) is 234 Å². The van der Waals surface area contributed by atoms with E-state index in [1.807, 2.05) is 24.8 Å². The Bertz CT molecular complexity index is 3790. The minimum absolute atomic E-state index is 0.847. The molecule has 13 aromatic rings. The fourth-order valence-corrected chi connectivity index (χ4v) is 12.1. The summed E-state index contributed by atoms with van der Waals surface area (Å²) in [4.78, 5) is 8.38. The van der Waals surface area contributed by atoms with Crippen LogP contribution in [0.15, 0.2) is 268 Å². The zero-order chi connectivity index (χ0) is 54.6. The number of rotatable bonds is 12. The van der Waals surface area contributed by atoms with Gasteiger partial charge in [-0.25, -0.2) is 9.13 Å². The Morgan fingerprint density at radius 1 is 0.237 bits per heavy atom. The summed E-state index contributed by atoms with van der Waals surface area (Å²) in [6.07, 6.45) is 16.2. The number of nitrogens with zero attached hydrogens (tertiary/aromatic N) is 4. The lowest BCUT2D eigenvalue weighted by atomic mass is 9.86. The molecule has 8 heteroatoms. The standard InChI is InChI=1S/C40H32Br2N2.C24H16N2.C8H8Br2/c41-25-29-9-13-31(14-10-29)27-43-21-17-33(18-22-43)39-35-5-1-2-6-36(35)40(38-8-4-3-7-37(38)39)34-19-23-44(24-20-34)28-32-15-11-30(26-42)12-16-32;1-2-6-20-19(5-1)23(17-9-13-25-14-10-17)21-7-3-4-8-22(21)24(20)18-11-15-26-16-12-18;9-5-7-1-2-8(6-10)4-3-7/h1-24H,25-28H2;1-16H;1-4H,5-6H2/q+2;;. The second kappa shape index (κ2) is 26.2. The number of fused-ring (bicyclic) bond motifs is 4. The van der Waals surface area contributed by atoms with Crippen molar-refractivity contribution >= 4 is 107 Å². The van der Waals surface area contributed by atoms with E-state index >= 15 is 0 Å². The van der Waals surface area contributed by atoms with E-state index in [0.29, 0.717) is 0 Å². The van der Waals surface area contributed by atoms with Gasteiger partial charge in [0, 0.05) is 81.5 Å². The van der Waals surface area contributed by atoms with Crippen LogP contribution in [0, 0.1) is 0 Å². The van der Waals surface area contributed by atoms with Crippen LogP contribution in [-0.4, -0.2) is 9.97 Å². The first kappa shape index (κ1) is 54.5. The summed E-state index contributed by atoms with van der Waals surface area (Å²) in [6, 6.07) is 78.5. The second-order valence-corrected chi connectivity index (χ2v) is 21.9. The quantitative estimate of drug-likeness (QED) is 0.0694. The van der Waals surface area contributed by atoms with Gasteiger partial charge in [-0.15, -0.1) is 0 Å². The molecule has 0 fully saturated rings. The summed E-state index contributed by atoms with van der Waals surface area (Å²) in [5.41, 5.74) is 17.7. The van der Waals surface area contributed by atoms with Crippen molar-refractivity contribution in [3.63, 3.8) is 0 Å². The van der Waals surface area contributed by atoms with Crippen molar-refractivity contribution in [2.24, 2.45) is 0 Å². The van der Waals surface area contributed by atoms with E-state index in [1.54, 1.807) is 0 Å².